The van der Waals surface area contributed by atoms with Crippen LogP contribution in [0.2, 0.25) is 0 Å². The average molecular weight is 475 g/mol. The van der Waals surface area contributed by atoms with Gasteiger partial charge < -0.3 is 20.3 Å². The zero-order valence-corrected chi connectivity index (χ0v) is 19.0. The quantitative estimate of drug-likeness (QED) is 0.448. The summed E-state index contributed by atoms with van der Waals surface area (Å²) in [6.45, 7) is 3.10. The smallest absolute Gasteiger partial charge is 0.228 e. The third-order valence-corrected chi connectivity index (χ3v) is 7.24. The summed E-state index contributed by atoms with van der Waals surface area (Å²) in [6.07, 6.45) is 4.30. The van der Waals surface area contributed by atoms with Gasteiger partial charge in [-0.05, 0) is 30.5 Å². The molecule has 2 aliphatic heterocycles. The van der Waals surface area contributed by atoms with Crippen molar-refractivity contribution in [1.29, 1.82) is 0 Å². The van der Waals surface area contributed by atoms with Crippen molar-refractivity contribution in [2.45, 2.75) is 13.3 Å². The summed E-state index contributed by atoms with van der Waals surface area (Å²) in [5, 5.41) is 18.8. The van der Waals surface area contributed by atoms with E-state index in [1.165, 1.54) is 6.20 Å². The Morgan fingerprint density at radius 3 is 2.89 bits per heavy atom. The first-order valence-corrected chi connectivity index (χ1v) is 11.6. The van der Waals surface area contributed by atoms with Crippen molar-refractivity contribution in [3.05, 3.63) is 30.6 Å². The molecule has 7 rings (SSSR count). The lowest BCUT2D eigenvalue weighted by molar-refractivity contribution is -0.127. The summed E-state index contributed by atoms with van der Waals surface area (Å²) in [7, 11) is 0. The van der Waals surface area contributed by atoms with Crippen LogP contribution in [0.4, 0.5) is 17.3 Å². The summed E-state index contributed by atoms with van der Waals surface area (Å²) in [5.74, 6) is 0.920. The molecule has 0 aromatic carbocycles. The van der Waals surface area contributed by atoms with E-state index in [9.17, 15) is 4.79 Å². The van der Waals surface area contributed by atoms with Crippen LogP contribution < -0.4 is 15.5 Å². The topological polar surface area (TPSA) is 122 Å². The lowest BCUT2D eigenvalue weighted by Crippen LogP contribution is -2.66. The van der Waals surface area contributed by atoms with Gasteiger partial charge >= 0.3 is 0 Å². The third kappa shape index (κ3) is 3.29. The van der Waals surface area contributed by atoms with Gasteiger partial charge in [0.25, 0.3) is 0 Å². The van der Waals surface area contributed by atoms with Crippen LogP contribution in [-0.4, -0.2) is 69.0 Å². The van der Waals surface area contributed by atoms with Gasteiger partial charge in [0.1, 0.15) is 5.52 Å². The van der Waals surface area contributed by atoms with Crippen LogP contribution >= 0.6 is 0 Å². The van der Waals surface area contributed by atoms with Crippen molar-refractivity contribution >= 4 is 39.8 Å². The van der Waals surface area contributed by atoms with E-state index in [0.29, 0.717) is 33.8 Å². The second-order valence-corrected chi connectivity index (χ2v) is 9.92. The number of amides is 1. The first-order chi connectivity index (χ1) is 18.2. The van der Waals surface area contributed by atoms with Crippen LogP contribution in [0.3, 0.4) is 0 Å². The van der Waals surface area contributed by atoms with Gasteiger partial charge in [-0.2, -0.15) is 0 Å². The molecule has 2 saturated heterocycles. The molecule has 0 bridgehead atoms. The molecule has 1 aliphatic carbocycles. The number of anilines is 3. The SMILES string of the molecule is [2H]C([2H])([2H])Nc1ncc(-c2nc3ccc(N4CC5(COC5)C4)cn3n2)c2cc(NC(=O)[C@H]3C[C@H]3C)nnc12. The van der Waals surface area contributed by atoms with Crippen molar-refractivity contribution in [3.63, 3.8) is 0 Å². The molecule has 35 heavy (non-hydrogen) atoms. The minimum Gasteiger partial charge on any atom is -0.380 e. The normalized spacial score (nSPS) is 23.8. The van der Waals surface area contributed by atoms with Crippen molar-refractivity contribution < 1.29 is 13.6 Å². The highest BCUT2D eigenvalue weighted by Crippen LogP contribution is 2.40. The number of carbonyl (C=O) groups excluding carboxylic acids is 1. The van der Waals surface area contributed by atoms with Crippen LogP contribution in [0.1, 0.15) is 17.5 Å². The highest BCUT2D eigenvalue weighted by molar-refractivity contribution is 6.01. The summed E-state index contributed by atoms with van der Waals surface area (Å²) in [6, 6.07) is 5.60. The average Bonchev–Trinajstić information content (AvgIpc) is 3.39. The number of pyridine rings is 2. The fourth-order valence-corrected chi connectivity index (χ4v) is 4.96. The van der Waals surface area contributed by atoms with Gasteiger partial charge in [-0.3, -0.25) is 4.79 Å². The van der Waals surface area contributed by atoms with Crippen LogP contribution in [-0.2, 0) is 9.53 Å². The van der Waals surface area contributed by atoms with Gasteiger partial charge in [0.15, 0.2) is 23.1 Å². The third-order valence-electron chi connectivity index (χ3n) is 7.24. The molecule has 3 aliphatic rings. The largest absolute Gasteiger partial charge is 0.380 e. The fourth-order valence-electron chi connectivity index (χ4n) is 4.96. The summed E-state index contributed by atoms with van der Waals surface area (Å²) in [5.41, 5.74) is 2.79. The van der Waals surface area contributed by atoms with E-state index in [4.69, 9.17) is 13.9 Å². The Kier molecular flexibility index (Phi) is 3.67. The van der Waals surface area contributed by atoms with Gasteiger partial charge in [0.2, 0.25) is 5.91 Å². The Balaban J connectivity index is 1.26. The molecule has 4 aromatic rings. The first-order valence-electron chi connectivity index (χ1n) is 13.1. The van der Waals surface area contributed by atoms with E-state index in [1.54, 1.807) is 10.6 Å². The predicted octanol–water partition coefficient (Wildman–Crippen LogP) is 2.21. The molecular formula is C24H25N9O2. The predicted molar refractivity (Wildman–Crippen MR) is 130 cm³/mol. The minimum atomic E-state index is -2.48. The van der Waals surface area contributed by atoms with Crippen molar-refractivity contribution in [3.8, 4) is 11.4 Å². The van der Waals surface area contributed by atoms with Gasteiger partial charge in [-0.1, -0.05) is 6.92 Å². The van der Waals surface area contributed by atoms with Crippen LogP contribution in [0.25, 0.3) is 27.9 Å². The molecular weight excluding hydrogens is 446 g/mol. The number of carbonyl (C=O) groups is 1. The Bertz CT molecular complexity index is 1590. The van der Waals surface area contributed by atoms with Crippen LogP contribution in [0.15, 0.2) is 30.6 Å². The number of nitrogens with one attached hydrogen (secondary N) is 2. The monoisotopic (exact) mass is 474 g/mol. The van der Waals surface area contributed by atoms with Crippen LogP contribution in [0, 0.1) is 17.3 Å². The van der Waals surface area contributed by atoms with Gasteiger partial charge in [-0.15, -0.1) is 15.3 Å². The van der Waals surface area contributed by atoms with Gasteiger partial charge in [0.05, 0.1) is 30.5 Å². The number of ether oxygens (including phenoxy) is 1. The Morgan fingerprint density at radius 2 is 2.14 bits per heavy atom. The van der Waals surface area contributed by atoms with Crippen molar-refractivity contribution in [1.82, 2.24) is 29.8 Å². The molecule has 0 radical (unpaired) electrons. The van der Waals surface area contributed by atoms with Crippen molar-refractivity contribution in [2.75, 3.05) is 48.8 Å². The number of aromatic nitrogens is 6. The summed E-state index contributed by atoms with van der Waals surface area (Å²) in [4.78, 5) is 23.8. The van der Waals surface area contributed by atoms with E-state index >= 15 is 0 Å². The highest BCUT2D eigenvalue weighted by Gasteiger charge is 2.49. The second kappa shape index (κ2) is 7.32. The molecule has 1 amide bonds. The molecule has 2 N–H and O–H groups in total. The molecule has 4 aromatic heterocycles. The molecule has 0 unspecified atom stereocenters. The number of fused-ring (bicyclic) bond motifs is 2. The Hall–Kier alpha value is -3.86. The highest BCUT2D eigenvalue weighted by atomic mass is 16.5. The number of hydrogen-bond acceptors (Lipinski definition) is 9. The van der Waals surface area contributed by atoms with E-state index in [2.05, 4.69) is 35.7 Å². The van der Waals surface area contributed by atoms with Gasteiger partial charge in [0, 0.05) is 47.2 Å². The van der Waals surface area contributed by atoms with E-state index in [1.807, 2.05) is 25.3 Å². The van der Waals surface area contributed by atoms with Gasteiger partial charge in [-0.25, -0.2) is 14.5 Å². The van der Waals surface area contributed by atoms with E-state index < -0.39 is 6.98 Å². The minimum absolute atomic E-state index is 0.0374. The Morgan fingerprint density at radius 1 is 1.29 bits per heavy atom. The maximum atomic E-state index is 12.5. The zero-order valence-electron chi connectivity index (χ0n) is 22.0. The molecule has 178 valence electrons. The second-order valence-electron chi connectivity index (χ2n) is 9.92. The molecule has 2 atom stereocenters. The summed E-state index contributed by atoms with van der Waals surface area (Å²) >= 11 is 0. The van der Waals surface area contributed by atoms with E-state index in [-0.39, 0.29) is 29.0 Å². The number of rotatable bonds is 5. The molecule has 6 heterocycles. The fraction of sp³-hybridized carbons (Fsp3) is 0.417. The lowest BCUT2D eigenvalue weighted by Gasteiger charge is -2.55. The maximum Gasteiger partial charge on any atom is 0.228 e. The Labute approximate surface area is 205 Å². The molecule has 11 nitrogen and oxygen atoms in total. The number of nitrogens with zero attached hydrogens (tertiary/aromatic N) is 7. The number of hydrogen-bond donors (Lipinski definition) is 2. The molecule has 1 spiro atoms. The van der Waals surface area contributed by atoms with E-state index in [0.717, 1.165) is 38.4 Å². The lowest BCUT2D eigenvalue weighted by atomic mass is 9.78. The standard InChI is InChI=1S/C24H25N9O2/c1-13-5-15(13)23(34)27-18-6-16-17(7-26-22(25-2)20(16)30-29-18)21-28-19-4-3-14(8-33(19)31-21)32-9-24(10-32)11-35-12-24/h3-4,6-8,13,15H,5,9-12H2,1-2H3,(H,25,26)(H,27,29,34)/t13-,15+/m1/s1/i2D3. The molecule has 3 fully saturated rings. The molecule has 1 saturated carbocycles. The zero-order chi connectivity index (χ0) is 26.2. The molecule has 11 heteroatoms. The van der Waals surface area contributed by atoms with Crippen LogP contribution in [0.5, 0.6) is 0 Å². The van der Waals surface area contributed by atoms with Crippen molar-refractivity contribution in [2.24, 2.45) is 17.3 Å². The summed E-state index contributed by atoms with van der Waals surface area (Å²) < 4.78 is 29.9. The maximum absolute atomic E-state index is 12.5. The first kappa shape index (κ1) is 17.6.